The van der Waals surface area contributed by atoms with Gasteiger partial charge in [-0.05, 0) is 50.1 Å². The van der Waals surface area contributed by atoms with Crippen molar-refractivity contribution in [2.45, 2.75) is 25.7 Å². The summed E-state index contributed by atoms with van der Waals surface area (Å²) in [6, 6.07) is 5.79. The third-order valence-corrected chi connectivity index (χ3v) is 5.55. The zero-order chi connectivity index (χ0) is 19.3. The molecule has 3 rings (SSSR count). The Morgan fingerprint density at radius 3 is 2.78 bits per heavy atom. The van der Waals surface area contributed by atoms with Crippen molar-refractivity contribution in [3.63, 3.8) is 0 Å². The monoisotopic (exact) mass is 377 g/mol. The van der Waals surface area contributed by atoms with Crippen LogP contribution < -0.4 is 5.32 Å². The quantitative estimate of drug-likeness (QED) is 0.825. The molecule has 2 saturated heterocycles. The SMILES string of the molecule is COCCN1C[C@]2(CCCN(CC(=O)Nc3ccc(F)cc3)C2)CCC1=O. The van der Waals surface area contributed by atoms with Crippen LogP contribution in [0.4, 0.5) is 10.1 Å². The Hall–Kier alpha value is -1.99. The van der Waals surface area contributed by atoms with Crippen molar-refractivity contribution in [2.24, 2.45) is 5.41 Å². The molecule has 2 aliphatic heterocycles. The van der Waals surface area contributed by atoms with Gasteiger partial charge in [-0.2, -0.15) is 0 Å². The number of ether oxygens (including phenoxy) is 1. The van der Waals surface area contributed by atoms with Gasteiger partial charge >= 0.3 is 0 Å². The molecule has 2 aliphatic rings. The molecule has 1 spiro atoms. The van der Waals surface area contributed by atoms with E-state index in [1.165, 1.54) is 12.1 Å². The minimum atomic E-state index is -0.323. The summed E-state index contributed by atoms with van der Waals surface area (Å²) in [6.45, 7) is 3.93. The third-order valence-electron chi connectivity index (χ3n) is 5.55. The number of nitrogens with one attached hydrogen (secondary N) is 1. The van der Waals surface area contributed by atoms with Gasteiger partial charge in [0.1, 0.15) is 5.82 Å². The largest absolute Gasteiger partial charge is 0.383 e. The van der Waals surface area contributed by atoms with Gasteiger partial charge in [-0.15, -0.1) is 0 Å². The Morgan fingerprint density at radius 1 is 1.26 bits per heavy atom. The molecule has 1 atom stereocenters. The Morgan fingerprint density at radius 2 is 2.04 bits per heavy atom. The van der Waals surface area contributed by atoms with Crippen LogP contribution in [0.25, 0.3) is 0 Å². The predicted octanol–water partition coefficient (Wildman–Crippen LogP) is 2.12. The lowest BCUT2D eigenvalue weighted by atomic mass is 9.73. The van der Waals surface area contributed by atoms with Crippen molar-refractivity contribution in [2.75, 3.05) is 51.8 Å². The molecule has 0 unspecified atom stereocenters. The molecule has 1 aromatic carbocycles. The molecule has 2 amide bonds. The fourth-order valence-corrected chi connectivity index (χ4v) is 4.22. The Kier molecular flexibility index (Phi) is 6.44. The van der Waals surface area contributed by atoms with Crippen molar-refractivity contribution >= 4 is 17.5 Å². The zero-order valence-corrected chi connectivity index (χ0v) is 15.9. The Labute approximate surface area is 159 Å². The van der Waals surface area contributed by atoms with Crippen molar-refractivity contribution in [1.29, 1.82) is 0 Å². The van der Waals surface area contributed by atoms with Gasteiger partial charge in [-0.25, -0.2) is 4.39 Å². The van der Waals surface area contributed by atoms with Gasteiger partial charge in [0, 0.05) is 44.3 Å². The maximum Gasteiger partial charge on any atom is 0.238 e. The Balaban J connectivity index is 1.56. The van der Waals surface area contributed by atoms with Crippen molar-refractivity contribution in [1.82, 2.24) is 9.80 Å². The van der Waals surface area contributed by atoms with Crippen molar-refractivity contribution < 1.29 is 18.7 Å². The van der Waals surface area contributed by atoms with Gasteiger partial charge in [-0.1, -0.05) is 0 Å². The van der Waals surface area contributed by atoms with Crippen LogP contribution >= 0.6 is 0 Å². The lowest BCUT2D eigenvalue weighted by Crippen LogP contribution is -2.55. The summed E-state index contributed by atoms with van der Waals surface area (Å²) in [5.41, 5.74) is 0.665. The van der Waals surface area contributed by atoms with Crippen LogP contribution in [-0.4, -0.2) is 68.1 Å². The highest BCUT2D eigenvalue weighted by molar-refractivity contribution is 5.92. The molecule has 0 bridgehead atoms. The van der Waals surface area contributed by atoms with Crippen LogP contribution in [0, 0.1) is 11.2 Å². The number of hydrogen-bond donors (Lipinski definition) is 1. The number of likely N-dealkylation sites (tertiary alicyclic amines) is 2. The molecule has 2 heterocycles. The van der Waals surface area contributed by atoms with E-state index >= 15 is 0 Å². The average Bonchev–Trinajstić information content (AvgIpc) is 2.65. The first kappa shape index (κ1) is 19.8. The standard InChI is InChI=1S/C20H28FN3O3/c1-27-12-11-24-15-20(9-7-19(24)26)8-2-10-23(14-20)13-18(25)22-17-5-3-16(21)4-6-17/h3-6H,2,7-15H2,1H3,(H,22,25)/t20-/m1/s1. The maximum absolute atomic E-state index is 13.0. The lowest BCUT2D eigenvalue weighted by Gasteiger charge is -2.48. The van der Waals surface area contributed by atoms with Gasteiger partial charge in [-0.3, -0.25) is 14.5 Å². The van der Waals surface area contributed by atoms with E-state index in [1.807, 2.05) is 4.90 Å². The van der Waals surface area contributed by atoms with E-state index in [0.29, 0.717) is 31.8 Å². The number of carbonyl (C=O) groups excluding carboxylic acids is 2. The summed E-state index contributed by atoms with van der Waals surface area (Å²) in [5.74, 6) is -0.221. The van der Waals surface area contributed by atoms with Gasteiger partial charge in [0.05, 0.1) is 13.2 Å². The number of carbonyl (C=O) groups is 2. The minimum Gasteiger partial charge on any atom is -0.383 e. The number of halogens is 1. The second kappa shape index (κ2) is 8.80. The summed E-state index contributed by atoms with van der Waals surface area (Å²) >= 11 is 0. The molecule has 0 radical (unpaired) electrons. The minimum absolute atomic E-state index is 0.0655. The predicted molar refractivity (Wildman–Crippen MR) is 101 cm³/mol. The van der Waals surface area contributed by atoms with E-state index in [2.05, 4.69) is 10.2 Å². The second-order valence-electron chi connectivity index (χ2n) is 7.68. The molecule has 0 saturated carbocycles. The highest BCUT2D eigenvalue weighted by atomic mass is 19.1. The smallest absolute Gasteiger partial charge is 0.238 e. The molecular weight excluding hydrogens is 349 g/mol. The molecule has 0 aliphatic carbocycles. The zero-order valence-electron chi connectivity index (χ0n) is 15.9. The van der Waals surface area contributed by atoms with E-state index in [9.17, 15) is 14.0 Å². The molecule has 0 aromatic heterocycles. The number of anilines is 1. The molecule has 1 N–H and O–H groups in total. The van der Waals surface area contributed by atoms with E-state index in [0.717, 1.165) is 38.9 Å². The maximum atomic E-state index is 13.0. The second-order valence-corrected chi connectivity index (χ2v) is 7.68. The number of piperidine rings is 2. The topological polar surface area (TPSA) is 61.9 Å². The van der Waals surface area contributed by atoms with Crippen LogP contribution in [0.2, 0.25) is 0 Å². The third kappa shape index (κ3) is 5.26. The summed E-state index contributed by atoms with van der Waals surface area (Å²) in [5, 5.41) is 2.82. The summed E-state index contributed by atoms with van der Waals surface area (Å²) in [7, 11) is 1.65. The first-order chi connectivity index (χ1) is 13.0. The van der Waals surface area contributed by atoms with Crippen LogP contribution in [-0.2, 0) is 14.3 Å². The number of benzene rings is 1. The highest BCUT2D eigenvalue weighted by Gasteiger charge is 2.41. The number of methoxy groups -OCH3 is 1. The first-order valence-electron chi connectivity index (χ1n) is 9.54. The fraction of sp³-hybridized carbons (Fsp3) is 0.600. The fourth-order valence-electron chi connectivity index (χ4n) is 4.22. The van der Waals surface area contributed by atoms with E-state index < -0.39 is 0 Å². The summed E-state index contributed by atoms with van der Waals surface area (Å²) < 4.78 is 18.1. The van der Waals surface area contributed by atoms with E-state index in [-0.39, 0.29) is 23.0 Å². The summed E-state index contributed by atoms with van der Waals surface area (Å²) in [6.07, 6.45) is 3.56. The number of amides is 2. The first-order valence-corrected chi connectivity index (χ1v) is 9.54. The summed E-state index contributed by atoms with van der Waals surface area (Å²) in [4.78, 5) is 28.6. The van der Waals surface area contributed by atoms with E-state index in [4.69, 9.17) is 4.74 Å². The van der Waals surface area contributed by atoms with Crippen LogP contribution in [0.1, 0.15) is 25.7 Å². The van der Waals surface area contributed by atoms with Crippen molar-refractivity contribution in [3.05, 3.63) is 30.1 Å². The Bertz CT molecular complexity index is 667. The van der Waals surface area contributed by atoms with E-state index in [1.54, 1.807) is 19.2 Å². The lowest BCUT2D eigenvalue weighted by molar-refractivity contribution is -0.140. The highest BCUT2D eigenvalue weighted by Crippen LogP contribution is 2.38. The van der Waals surface area contributed by atoms with Crippen LogP contribution in [0.3, 0.4) is 0 Å². The molecule has 6 nitrogen and oxygen atoms in total. The molecule has 7 heteroatoms. The number of rotatable bonds is 6. The van der Waals surface area contributed by atoms with Gasteiger partial charge in [0.15, 0.2) is 0 Å². The normalized spacial score (nSPS) is 23.6. The average molecular weight is 377 g/mol. The number of hydrogen-bond acceptors (Lipinski definition) is 4. The molecule has 27 heavy (non-hydrogen) atoms. The molecule has 1 aromatic rings. The molecule has 148 valence electrons. The van der Waals surface area contributed by atoms with Gasteiger partial charge in [0.2, 0.25) is 11.8 Å². The van der Waals surface area contributed by atoms with Gasteiger partial charge < -0.3 is 15.0 Å². The van der Waals surface area contributed by atoms with Crippen molar-refractivity contribution in [3.8, 4) is 0 Å². The molecular formula is C20H28FN3O3. The van der Waals surface area contributed by atoms with Gasteiger partial charge in [0.25, 0.3) is 0 Å². The van der Waals surface area contributed by atoms with Crippen LogP contribution in [0.15, 0.2) is 24.3 Å². The van der Waals surface area contributed by atoms with Crippen LogP contribution in [0.5, 0.6) is 0 Å². The number of nitrogens with zero attached hydrogens (tertiary/aromatic N) is 2. The molecule has 2 fully saturated rings.